The first-order valence-corrected chi connectivity index (χ1v) is 5.80. The normalized spacial score (nSPS) is 16.3. The molecule has 1 saturated carbocycles. The molecular weight excluding hydrogens is 202 g/mol. The molecule has 86 valence electrons. The lowest BCUT2D eigenvalue weighted by atomic mass is 10.1. The predicted molar refractivity (Wildman–Crippen MR) is 62.1 cm³/mol. The third-order valence-electron chi connectivity index (χ3n) is 3.09. The lowest BCUT2D eigenvalue weighted by Crippen LogP contribution is -2.32. The molecule has 1 aromatic carbocycles. The maximum Gasteiger partial charge on any atom is 0.251 e. The average Bonchev–Trinajstić information content (AvgIpc) is 2.82. The van der Waals surface area contributed by atoms with E-state index in [0.29, 0.717) is 11.6 Å². The van der Waals surface area contributed by atoms with E-state index in [-0.39, 0.29) is 12.5 Å². The molecule has 16 heavy (non-hydrogen) atoms. The Kier molecular flexibility index (Phi) is 3.57. The summed E-state index contributed by atoms with van der Waals surface area (Å²) in [5.74, 6) is -0.00334. The van der Waals surface area contributed by atoms with Crippen LogP contribution in [0.4, 0.5) is 0 Å². The molecule has 1 fully saturated rings. The zero-order valence-corrected chi connectivity index (χ0v) is 9.28. The van der Waals surface area contributed by atoms with E-state index < -0.39 is 0 Å². The van der Waals surface area contributed by atoms with Gasteiger partial charge in [-0.15, -0.1) is 0 Å². The van der Waals surface area contributed by atoms with Crippen LogP contribution in [0, 0.1) is 0 Å². The van der Waals surface area contributed by atoms with Crippen LogP contribution >= 0.6 is 0 Å². The molecule has 2 N–H and O–H groups in total. The standard InChI is InChI=1S/C13H17NO2/c15-9-10-5-7-11(8-6-10)13(16)14-12-3-1-2-4-12/h5-8,12,15H,1-4,9H2,(H,14,16). The minimum Gasteiger partial charge on any atom is -0.392 e. The molecule has 0 heterocycles. The largest absolute Gasteiger partial charge is 0.392 e. The van der Waals surface area contributed by atoms with Gasteiger partial charge in [-0.2, -0.15) is 0 Å². The molecule has 1 aromatic rings. The van der Waals surface area contributed by atoms with Gasteiger partial charge in [-0.1, -0.05) is 25.0 Å². The lowest BCUT2D eigenvalue weighted by molar-refractivity contribution is 0.0938. The van der Waals surface area contributed by atoms with Gasteiger partial charge in [-0.05, 0) is 30.5 Å². The van der Waals surface area contributed by atoms with Crippen LogP contribution in [0.15, 0.2) is 24.3 Å². The molecule has 0 saturated heterocycles. The van der Waals surface area contributed by atoms with Crippen LogP contribution in [0.5, 0.6) is 0 Å². The highest BCUT2D eigenvalue weighted by atomic mass is 16.3. The number of carbonyl (C=O) groups is 1. The van der Waals surface area contributed by atoms with E-state index in [1.54, 1.807) is 24.3 Å². The van der Waals surface area contributed by atoms with Crippen molar-refractivity contribution in [3.63, 3.8) is 0 Å². The Labute approximate surface area is 95.5 Å². The molecule has 0 aromatic heterocycles. The minimum absolute atomic E-state index is 0.00334. The van der Waals surface area contributed by atoms with Gasteiger partial charge >= 0.3 is 0 Å². The molecule has 0 aliphatic heterocycles. The summed E-state index contributed by atoms with van der Waals surface area (Å²) in [5.41, 5.74) is 1.50. The fourth-order valence-corrected chi connectivity index (χ4v) is 2.10. The average molecular weight is 219 g/mol. The van der Waals surface area contributed by atoms with Gasteiger partial charge < -0.3 is 10.4 Å². The van der Waals surface area contributed by atoms with E-state index in [9.17, 15) is 4.79 Å². The third-order valence-corrected chi connectivity index (χ3v) is 3.09. The van der Waals surface area contributed by atoms with Crippen LogP contribution in [-0.2, 0) is 6.61 Å². The van der Waals surface area contributed by atoms with Crippen LogP contribution in [0.3, 0.4) is 0 Å². The van der Waals surface area contributed by atoms with Crippen LogP contribution in [0.25, 0.3) is 0 Å². The number of amides is 1. The zero-order valence-electron chi connectivity index (χ0n) is 9.28. The number of hydrogen-bond acceptors (Lipinski definition) is 2. The van der Waals surface area contributed by atoms with E-state index in [2.05, 4.69) is 5.32 Å². The van der Waals surface area contributed by atoms with Crippen molar-refractivity contribution >= 4 is 5.91 Å². The van der Waals surface area contributed by atoms with E-state index >= 15 is 0 Å². The number of benzene rings is 1. The highest BCUT2D eigenvalue weighted by Crippen LogP contribution is 2.18. The van der Waals surface area contributed by atoms with Gasteiger partial charge in [-0.3, -0.25) is 4.79 Å². The van der Waals surface area contributed by atoms with E-state index in [1.807, 2.05) is 0 Å². The first kappa shape index (κ1) is 11.1. The van der Waals surface area contributed by atoms with Crippen molar-refractivity contribution in [3.05, 3.63) is 35.4 Å². The quantitative estimate of drug-likeness (QED) is 0.815. The number of aliphatic hydroxyl groups is 1. The summed E-state index contributed by atoms with van der Waals surface area (Å²) >= 11 is 0. The second kappa shape index (κ2) is 5.12. The Morgan fingerprint density at radius 3 is 2.44 bits per heavy atom. The summed E-state index contributed by atoms with van der Waals surface area (Å²) < 4.78 is 0. The molecule has 2 rings (SSSR count). The van der Waals surface area contributed by atoms with Crippen LogP contribution in [0.1, 0.15) is 41.6 Å². The topological polar surface area (TPSA) is 49.3 Å². The van der Waals surface area contributed by atoms with Crippen molar-refractivity contribution in [1.82, 2.24) is 5.32 Å². The van der Waals surface area contributed by atoms with Gasteiger partial charge in [0.15, 0.2) is 0 Å². The van der Waals surface area contributed by atoms with E-state index in [1.165, 1.54) is 12.8 Å². The Morgan fingerprint density at radius 2 is 1.88 bits per heavy atom. The van der Waals surface area contributed by atoms with Gasteiger partial charge in [0, 0.05) is 11.6 Å². The van der Waals surface area contributed by atoms with Gasteiger partial charge in [0.2, 0.25) is 0 Å². The molecule has 0 atom stereocenters. The van der Waals surface area contributed by atoms with Crippen molar-refractivity contribution < 1.29 is 9.90 Å². The first-order valence-electron chi connectivity index (χ1n) is 5.80. The first-order chi connectivity index (χ1) is 7.79. The summed E-state index contributed by atoms with van der Waals surface area (Å²) in [4.78, 5) is 11.8. The van der Waals surface area contributed by atoms with Crippen LogP contribution in [-0.4, -0.2) is 17.1 Å². The molecular formula is C13H17NO2. The van der Waals surface area contributed by atoms with Crippen molar-refractivity contribution in [1.29, 1.82) is 0 Å². The number of carbonyl (C=O) groups excluding carboxylic acids is 1. The Hall–Kier alpha value is -1.35. The maximum atomic E-state index is 11.8. The number of nitrogens with one attached hydrogen (secondary N) is 1. The predicted octanol–water partition coefficient (Wildman–Crippen LogP) is 1.85. The second-order valence-electron chi connectivity index (χ2n) is 4.31. The van der Waals surface area contributed by atoms with Crippen molar-refractivity contribution in [3.8, 4) is 0 Å². The number of hydrogen-bond donors (Lipinski definition) is 2. The highest BCUT2D eigenvalue weighted by Gasteiger charge is 2.17. The summed E-state index contributed by atoms with van der Waals surface area (Å²) in [7, 11) is 0. The monoisotopic (exact) mass is 219 g/mol. The van der Waals surface area contributed by atoms with Crippen molar-refractivity contribution in [2.45, 2.75) is 38.3 Å². The maximum absolute atomic E-state index is 11.8. The Morgan fingerprint density at radius 1 is 1.25 bits per heavy atom. The molecule has 1 aliphatic carbocycles. The highest BCUT2D eigenvalue weighted by molar-refractivity contribution is 5.94. The molecule has 1 aliphatic rings. The van der Waals surface area contributed by atoms with Crippen molar-refractivity contribution in [2.75, 3.05) is 0 Å². The fourth-order valence-electron chi connectivity index (χ4n) is 2.10. The molecule has 0 unspecified atom stereocenters. The van der Waals surface area contributed by atoms with Gasteiger partial charge in [0.1, 0.15) is 0 Å². The molecule has 0 spiro atoms. The van der Waals surface area contributed by atoms with Gasteiger partial charge in [0.25, 0.3) is 5.91 Å². The zero-order chi connectivity index (χ0) is 11.4. The summed E-state index contributed by atoms with van der Waals surface area (Å²) in [5, 5.41) is 11.9. The Bertz CT molecular complexity index is 353. The third kappa shape index (κ3) is 2.61. The van der Waals surface area contributed by atoms with Crippen LogP contribution < -0.4 is 5.32 Å². The Balaban J connectivity index is 1.97. The number of aliphatic hydroxyl groups excluding tert-OH is 1. The minimum atomic E-state index is -0.00334. The van der Waals surface area contributed by atoms with Crippen molar-refractivity contribution in [2.24, 2.45) is 0 Å². The molecule has 1 amide bonds. The second-order valence-corrected chi connectivity index (χ2v) is 4.31. The summed E-state index contributed by atoms with van der Waals surface area (Å²) in [6.45, 7) is 0.0184. The summed E-state index contributed by atoms with van der Waals surface area (Å²) in [6.07, 6.45) is 4.63. The molecule has 0 radical (unpaired) electrons. The summed E-state index contributed by atoms with van der Waals surface area (Å²) in [6, 6.07) is 7.43. The van der Waals surface area contributed by atoms with E-state index in [4.69, 9.17) is 5.11 Å². The molecule has 3 heteroatoms. The fraction of sp³-hybridized carbons (Fsp3) is 0.462. The van der Waals surface area contributed by atoms with E-state index in [0.717, 1.165) is 18.4 Å². The lowest BCUT2D eigenvalue weighted by Gasteiger charge is -2.11. The van der Waals surface area contributed by atoms with Crippen LogP contribution in [0.2, 0.25) is 0 Å². The SMILES string of the molecule is O=C(NC1CCCC1)c1ccc(CO)cc1. The molecule has 3 nitrogen and oxygen atoms in total. The van der Waals surface area contributed by atoms with Gasteiger partial charge in [0.05, 0.1) is 6.61 Å². The smallest absolute Gasteiger partial charge is 0.251 e. The molecule has 0 bridgehead atoms. The van der Waals surface area contributed by atoms with Gasteiger partial charge in [-0.25, -0.2) is 0 Å². The number of rotatable bonds is 3.